The van der Waals surface area contributed by atoms with Gasteiger partial charge in [0.2, 0.25) is 5.82 Å². The van der Waals surface area contributed by atoms with Crippen LogP contribution in [0.4, 0.5) is 5.82 Å². The number of hydrogen-bond acceptors (Lipinski definition) is 6. The van der Waals surface area contributed by atoms with Crippen molar-refractivity contribution in [1.29, 1.82) is 0 Å². The summed E-state index contributed by atoms with van der Waals surface area (Å²) >= 11 is 0. The van der Waals surface area contributed by atoms with E-state index in [1.54, 1.807) is 31.4 Å². The molecule has 3 aromatic rings. The van der Waals surface area contributed by atoms with E-state index in [1.807, 2.05) is 31.2 Å². The van der Waals surface area contributed by atoms with Gasteiger partial charge in [-0.3, -0.25) is 4.79 Å². The molecular formula is C18H17N3O4. The molecule has 2 aromatic carbocycles. The second-order valence-corrected chi connectivity index (χ2v) is 5.34. The van der Waals surface area contributed by atoms with Crippen LogP contribution in [-0.4, -0.2) is 29.9 Å². The Bertz CT molecular complexity index is 842. The lowest BCUT2D eigenvalue weighted by Crippen LogP contribution is -2.20. The molecular weight excluding hydrogens is 322 g/mol. The Morgan fingerprint density at radius 3 is 2.40 bits per heavy atom. The minimum atomic E-state index is -0.361. The predicted octanol–water partition coefficient (Wildman–Crippen LogP) is 3.07. The third-order valence-corrected chi connectivity index (χ3v) is 3.50. The van der Waals surface area contributed by atoms with E-state index in [1.165, 1.54) is 0 Å². The molecule has 0 saturated heterocycles. The van der Waals surface area contributed by atoms with Crippen LogP contribution in [0.1, 0.15) is 5.56 Å². The Hall–Kier alpha value is -3.35. The maximum Gasteiger partial charge on any atom is 0.263 e. The van der Waals surface area contributed by atoms with Crippen molar-refractivity contribution in [2.45, 2.75) is 6.92 Å². The van der Waals surface area contributed by atoms with Gasteiger partial charge in [0.25, 0.3) is 5.91 Å². The molecule has 1 amide bonds. The standard InChI is InChI=1S/C18H17N3O4/c1-12-3-5-13(6-4-12)17-18(21-25-20-17)19-16(22)11-24-15-9-7-14(23-2)8-10-15/h3-10H,11H2,1-2H3,(H,19,21,22). The van der Waals surface area contributed by atoms with Crippen LogP contribution < -0.4 is 14.8 Å². The largest absolute Gasteiger partial charge is 0.497 e. The minimum absolute atomic E-state index is 0.160. The van der Waals surface area contributed by atoms with Crippen molar-refractivity contribution in [3.8, 4) is 22.8 Å². The van der Waals surface area contributed by atoms with Crippen molar-refractivity contribution in [2.24, 2.45) is 0 Å². The van der Waals surface area contributed by atoms with E-state index in [4.69, 9.17) is 14.1 Å². The Labute approximate surface area is 144 Å². The topological polar surface area (TPSA) is 86.5 Å². The fraction of sp³-hybridized carbons (Fsp3) is 0.167. The summed E-state index contributed by atoms with van der Waals surface area (Å²) in [6.07, 6.45) is 0. The van der Waals surface area contributed by atoms with Gasteiger partial charge in [0.15, 0.2) is 12.3 Å². The van der Waals surface area contributed by atoms with Crippen LogP contribution in [0.3, 0.4) is 0 Å². The van der Waals surface area contributed by atoms with Gasteiger partial charge in [-0.2, -0.15) is 0 Å². The molecule has 0 atom stereocenters. The van der Waals surface area contributed by atoms with Crippen LogP contribution in [0.2, 0.25) is 0 Å². The van der Waals surface area contributed by atoms with Crippen molar-refractivity contribution in [2.75, 3.05) is 19.0 Å². The van der Waals surface area contributed by atoms with Crippen molar-refractivity contribution in [3.05, 3.63) is 54.1 Å². The van der Waals surface area contributed by atoms with Crippen molar-refractivity contribution in [3.63, 3.8) is 0 Å². The molecule has 7 nitrogen and oxygen atoms in total. The van der Waals surface area contributed by atoms with Crippen LogP contribution in [0, 0.1) is 6.92 Å². The quantitative estimate of drug-likeness (QED) is 0.743. The minimum Gasteiger partial charge on any atom is -0.497 e. The third kappa shape index (κ3) is 4.14. The Kier molecular flexibility index (Phi) is 4.94. The lowest BCUT2D eigenvalue weighted by molar-refractivity contribution is -0.118. The van der Waals surface area contributed by atoms with E-state index >= 15 is 0 Å². The van der Waals surface area contributed by atoms with Gasteiger partial charge in [0, 0.05) is 5.56 Å². The highest BCUT2D eigenvalue weighted by molar-refractivity contribution is 5.94. The molecule has 1 aromatic heterocycles. The first kappa shape index (κ1) is 16.5. The van der Waals surface area contributed by atoms with E-state index in [9.17, 15) is 4.79 Å². The molecule has 0 bridgehead atoms. The summed E-state index contributed by atoms with van der Waals surface area (Å²) in [4.78, 5) is 12.1. The average Bonchev–Trinajstić information content (AvgIpc) is 3.09. The van der Waals surface area contributed by atoms with Crippen LogP contribution in [-0.2, 0) is 4.79 Å². The first-order valence-corrected chi connectivity index (χ1v) is 7.62. The number of rotatable bonds is 6. The molecule has 1 N–H and O–H groups in total. The number of benzene rings is 2. The number of aromatic nitrogens is 2. The van der Waals surface area contributed by atoms with Gasteiger partial charge in [0.05, 0.1) is 7.11 Å². The molecule has 0 radical (unpaired) electrons. The fourth-order valence-electron chi connectivity index (χ4n) is 2.16. The van der Waals surface area contributed by atoms with E-state index in [-0.39, 0.29) is 18.3 Å². The highest BCUT2D eigenvalue weighted by Crippen LogP contribution is 2.24. The van der Waals surface area contributed by atoms with E-state index < -0.39 is 0 Å². The van der Waals surface area contributed by atoms with Gasteiger partial charge in [-0.25, -0.2) is 4.63 Å². The van der Waals surface area contributed by atoms with Gasteiger partial charge in [-0.15, -0.1) is 0 Å². The van der Waals surface area contributed by atoms with Gasteiger partial charge >= 0.3 is 0 Å². The second-order valence-electron chi connectivity index (χ2n) is 5.34. The lowest BCUT2D eigenvalue weighted by atomic mass is 10.1. The lowest BCUT2D eigenvalue weighted by Gasteiger charge is -2.07. The number of nitrogens with zero attached hydrogens (tertiary/aromatic N) is 2. The number of methoxy groups -OCH3 is 1. The number of nitrogens with one attached hydrogen (secondary N) is 1. The number of ether oxygens (including phenoxy) is 2. The molecule has 0 aliphatic carbocycles. The molecule has 1 heterocycles. The van der Waals surface area contributed by atoms with E-state index in [0.29, 0.717) is 17.2 Å². The molecule has 0 aliphatic heterocycles. The number of carbonyl (C=O) groups is 1. The molecule has 7 heteroatoms. The Balaban J connectivity index is 1.61. The number of aryl methyl sites for hydroxylation is 1. The van der Waals surface area contributed by atoms with Gasteiger partial charge in [0.1, 0.15) is 11.5 Å². The van der Waals surface area contributed by atoms with Crippen molar-refractivity contribution < 1.29 is 18.9 Å². The first-order chi connectivity index (χ1) is 12.2. The average molecular weight is 339 g/mol. The van der Waals surface area contributed by atoms with Crippen LogP contribution in [0.15, 0.2) is 53.2 Å². The fourth-order valence-corrected chi connectivity index (χ4v) is 2.16. The van der Waals surface area contributed by atoms with Crippen molar-refractivity contribution >= 4 is 11.7 Å². The highest BCUT2D eigenvalue weighted by Gasteiger charge is 2.15. The summed E-state index contributed by atoms with van der Waals surface area (Å²) in [6, 6.07) is 14.6. The highest BCUT2D eigenvalue weighted by atomic mass is 16.6. The summed E-state index contributed by atoms with van der Waals surface area (Å²) in [7, 11) is 1.58. The molecule has 0 unspecified atom stereocenters. The Morgan fingerprint density at radius 2 is 1.72 bits per heavy atom. The predicted molar refractivity (Wildman–Crippen MR) is 91.6 cm³/mol. The molecule has 0 saturated carbocycles. The molecule has 128 valence electrons. The maximum absolute atomic E-state index is 12.1. The summed E-state index contributed by atoms with van der Waals surface area (Å²) in [5.74, 6) is 1.17. The monoisotopic (exact) mass is 339 g/mol. The number of hydrogen-bond donors (Lipinski definition) is 1. The smallest absolute Gasteiger partial charge is 0.263 e. The maximum atomic E-state index is 12.1. The molecule has 25 heavy (non-hydrogen) atoms. The van der Waals surface area contributed by atoms with Gasteiger partial charge in [-0.05, 0) is 41.5 Å². The SMILES string of the molecule is COc1ccc(OCC(=O)Nc2nonc2-c2ccc(C)cc2)cc1. The van der Waals surface area contributed by atoms with E-state index in [0.717, 1.165) is 11.1 Å². The van der Waals surface area contributed by atoms with Crippen LogP contribution in [0.5, 0.6) is 11.5 Å². The Morgan fingerprint density at radius 1 is 1.04 bits per heavy atom. The summed E-state index contributed by atoms with van der Waals surface area (Å²) in [6.45, 7) is 1.83. The van der Waals surface area contributed by atoms with Gasteiger partial charge in [-0.1, -0.05) is 29.8 Å². The van der Waals surface area contributed by atoms with Crippen molar-refractivity contribution in [1.82, 2.24) is 10.3 Å². The first-order valence-electron chi connectivity index (χ1n) is 7.62. The number of carbonyl (C=O) groups excluding carboxylic acids is 1. The number of anilines is 1. The summed E-state index contributed by atoms with van der Waals surface area (Å²) in [5.41, 5.74) is 2.40. The third-order valence-electron chi connectivity index (χ3n) is 3.50. The van der Waals surface area contributed by atoms with Crippen LogP contribution in [0.25, 0.3) is 11.3 Å². The van der Waals surface area contributed by atoms with E-state index in [2.05, 4.69) is 15.6 Å². The summed E-state index contributed by atoms with van der Waals surface area (Å²) < 4.78 is 15.2. The zero-order valence-electron chi connectivity index (χ0n) is 13.9. The second kappa shape index (κ2) is 7.48. The normalized spacial score (nSPS) is 10.3. The van der Waals surface area contributed by atoms with Crippen LogP contribution >= 0.6 is 0 Å². The zero-order valence-corrected chi connectivity index (χ0v) is 13.9. The molecule has 0 spiro atoms. The molecule has 0 fully saturated rings. The number of amides is 1. The zero-order chi connectivity index (χ0) is 17.6. The summed E-state index contributed by atoms with van der Waals surface area (Å²) in [5, 5.41) is 10.2. The molecule has 0 aliphatic rings. The van der Waals surface area contributed by atoms with Gasteiger partial charge < -0.3 is 14.8 Å². The molecule has 3 rings (SSSR count).